The Morgan fingerprint density at radius 2 is 2.21 bits per heavy atom. The summed E-state index contributed by atoms with van der Waals surface area (Å²) in [5.41, 5.74) is 4.12. The van der Waals surface area contributed by atoms with Gasteiger partial charge in [-0.15, -0.1) is 0 Å². The van der Waals surface area contributed by atoms with Crippen molar-refractivity contribution in [3.8, 4) is 5.75 Å². The van der Waals surface area contributed by atoms with Gasteiger partial charge in [0.1, 0.15) is 10.8 Å². The zero-order valence-corrected chi connectivity index (χ0v) is 18.1. The minimum Gasteiger partial charge on any atom is -0.496 e. The number of fused-ring (bicyclic) bond motifs is 1. The number of rotatable bonds is 7. The summed E-state index contributed by atoms with van der Waals surface area (Å²) in [5, 5.41) is 13.6. The molecule has 3 heterocycles. The number of imidazole rings is 1. The van der Waals surface area contributed by atoms with Crippen molar-refractivity contribution < 1.29 is 4.74 Å². The molecular weight excluding hydrogens is 382 g/mol. The van der Waals surface area contributed by atoms with Gasteiger partial charge in [-0.25, -0.2) is 9.50 Å². The second kappa shape index (κ2) is 9.05. The van der Waals surface area contributed by atoms with E-state index < -0.39 is 0 Å². The Kier molecular flexibility index (Phi) is 6.25. The van der Waals surface area contributed by atoms with E-state index in [4.69, 9.17) is 9.84 Å². The Bertz CT molecular complexity index is 965. The third-order valence-corrected chi connectivity index (χ3v) is 6.44. The van der Waals surface area contributed by atoms with E-state index in [1.165, 1.54) is 12.8 Å². The van der Waals surface area contributed by atoms with Crippen molar-refractivity contribution in [2.45, 2.75) is 49.4 Å². The van der Waals surface area contributed by atoms with Gasteiger partial charge in [-0.2, -0.15) is 5.10 Å². The first-order chi connectivity index (χ1) is 14.2. The number of benzene rings is 1. The lowest BCUT2D eigenvalue weighted by atomic mass is 10.1. The number of anilines is 1. The van der Waals surface area contributed by atoms with Crippen LogP contribution in [0.25, 0.3) is 5.65 Å². The van der Waals surface area contributed by atoms with E-state index in [2.05, 4.69) is 41.6 Å². The van der Waals surface area contributed by atoms with Crippen LogP contribution in [0.5, 0.6) is 5.75 Å². The Morgan fingerprint density at radius 3 is 2.97 bits per heavy atom. The van der Waals surface area contributed by atoms with Crippen molar-refractivity contribution in [1.82, 2.24) is 19.9 Å². The van der Waals surface area contributed by atoms with E-state index in [1.54, 1.807) is 7.11 Å². The van der Waals surface area contributed by atoms with E-state index in [0.29, 0.717) is 17.7 Å². The first-order valence-corrected chi connectivity index (χ1v) is 11.2. The monoisotopic (exact) mass is 411 g/mol. The van der Waals surface area contributed by atoms with Crippen molar-refractivity contribution >= 4 is 23.1 Å². The normalized spacial score (nSPS) is 17.0. The van der Waals surface area contributed by atoms with Crippen molar-refractivity contribution in [2.24, 2.45) is 0 Å². The molecule has 4 rings (SSSR count). The number of methoxy groups -OCH3 is 1. The Hall–Kier alpha value is -2.25. The standard InChI is InChI=1S/C22H29N5OS/c1-15(2)19-14-25-22-18(24-12-16-7-4-5-9-20(16)28-3)11-21(26-27(19)22)29-17-8-6-10-23-13-17/h4-5,7,9,11,14-15,17,23-24H,6,8,10,12-13H2,1-3H3. The second-order valence-electron chi connectivity index (χ2n) is 7.72. The summed E-state index contributed by atoms with van der Waals surface area (Å²) in [6, 6.07) is 10.2. The lowest BCUT2D eigenvalue weighted by Gasteiger charge is -2.22. The van der Waals surface area contributed by atoms with Crippen LogP contribution in [-0.4, -0.2) is 40.0 Å². The van der Waals surface area contributed by atoms with Crippen molar-refractivity contribution in [2.75, 3.05) is 25.5 Å². The summed E-state index contributed by atoms with van der Waals surface area (Å²) in [6.45, 7) is 7.18. The zero-order valence-electron chi connectivity index (χ0n) is 17.3. The maximum atomic E-state index is 5.50. The Labute approximate surface area is 176 Å². The zero-order chi connectivity index (χ0) is 20.2. The third kappa shape index (κ3) is 4.51. The lowest BCUT2D eigenvalue weighted by molar-refractivity contribution is 0.410. The van der Waals surface area contributed by atoms with Gasteiger partial charge in [-0.3, -0.25) is 0 Å². The largest absolute Gasteiger partial charge is 0.496 e. The van der Waals surface area contributed by atoms with Gasteiger partial charge in [0, 0.05) is 23.9 Å². The minimum absolute atomic E-state index is 0.358. The fraction of sp³-hybridized carbons (Fsp3) is 0.455. The molecular formula is C22H29N5OS. The summed E-state index contributed by atoms with van der Waals surface area (Å²) in [7, 11) is 1.71. The minimum atomic E-state index is 0.358. The number of nitrogens with zero attached hydrogens (tertiary/aromatic N) is 3. The number of para-hydroxylation sites is 1. The molecule has 1 fully saturated rings. The van der Waals surface area contributed by atoms with Gasteiger partial charge in [0.15, 0.2) is 5.65 Å². The van der Waals surface area contributed by atoms with E-state index in [-0.39, 0.29) is 0 Å². The van der Waals surface area contributed by atoms with Crippen LogP contribution in [0.2, 0.25) is 0 Å². The fourth-order valence-corrected chi connectivity index (χ4v) is 4.82. The van der Waals surface area contributed by atoms with E-state index in [1.807, 2.05) is 40.7 Å². The number of ether oxygens (including phenoxy) is 1. The summed E-state index contributed by atoms with van der Waals surface area (Å²) < 4.78 is 7.50. The molecule has 0 bridgehead atoms. The topological polar surface area (TPSA) is 63.5 Å². The summed E-state index contributed by atoms with van der Waals surface area (Å²) >= 11 is 1.86. The molecule has 2 N–H and O–H groups in total. The first kappa shape index (κ1) is 20.0. The number of nitrogens with one attached hydrogen (secondary N) is 2. The van der Waals surface area contributed by atoms with E-state index in [9.17, 15) is 0 Å². The van der Waals surface area contributed by atoms with Gasteiger partial charge in [0.05, 0.1) is 24.7 Å². The molecule has 29 heavy (non-hydrogen) atoms. The number of piperidine rings is 1. The first-order valence-electron chi connectivity index (χ1n) is 10.3. The summed E-state index contributed by atoms with van der Waals surface area (Å²) in [6.07, 6.45) is 4.39. The average Bonchev–Trinajstić information content (AvgIpc) is 3.17. The molecule has 6 nitrogen and oxygen atoms in total. The van der Waals surface area contributed by atoms with Crippen LogP contribution in [0.15, 0.2) is 41.6 Å². The SMILES string of the molecule is COc1ccccc1CNc1cc(SC2CCCNC2)nn2c(C(C)C)cnc12. The van der Waals surface area contributed by atoms with Crippen LogP contribution in [0.3, 0.4) is 0 Å². The lowest BCUT2D eigenvalue weighted by Crippen LogP contribution is -2.31. The molecule has 0 aliphatic carbocycles. The highest BCUT2D eigenvalue weighted by atomic mass is 32.2. The molecule has 0 spiro atoms. The molecule has 0 amide bonds. The number of aromatic nitrogens is 3. The van der Waals surface area contributed by atoms with Gasteiger partial charge in [0.2, 0.25) is 0 Å². The summed E-state index contributed by atoms with van der Waals surface area (Å²) in [4.78, 5) is 4.67. The van der Waals surface area contributed by atoms with Gasteiger partial charge in [-0.1, -0.05) is 43.8 Å². The highest BCUT2D eigenvalue weighted by Gasteiger charge is 2.19. The molecule has 2 aromatic heterocycles. The molecule has 0 radical (unpaired) electrons. The van der Waals surface area contributed by atoms with Crippen LogP contribution in [0.1, 0.15) is 43.9 Å². The fourth-order valence-electron chi connectivity index (χ4n) is 3.68. The Balaban J connectivity index is 1.65. The second-order valence-corrected chi connectivity index (χ2v) is 9.04. The van der Waals surface area contributed by atoms with Gasteiger partial charge < -0.3 is 15.4 Å². The quantitative estimate of drug-likeness (QED) is 0.604. The third-order valence-electron chi connectivity index (χ3n) is 5.26. The smallest absolute Gasteiger partial charge is 0.177 e. The average molecular weight is 412 g/mol. The predicted molar refractivity (Wildman–Crippen MR) is 119 cm³/mol. The molecule has 1 aromatic carbocycles. The van der Waals surface area contributed by atoms with Crippen LogP contribution in [0, 0.1) is 0 Å². The van der Waals surface area contributed by atoms with E-state index in [0.717, 1.165) is 46.5 Å². The highest BCUT2D eigenvalue weighted by molar-refractivity contribution is 7.99. The molecule has 1 aliphatic heterocycles. The molecule has 154 valence electrons. The van der Waals surface area contributed by atoms with Crippen LogP contribution < -0.4 is 15.4 Å². The van der Waals surface area contributed by atoms with Gasteiger partial charge in [-0.05, 0) is 37.4 Å². The van der Waals surface area contributed by atoms with Crippen molar-refractivity contribution in [3.05, 3.63) is 47.8 Å². The molecule has 7 heteroatoms. The van der Waals surface area contributed by atoms with Crippen LogP contribution in [-0.2, 0) is 6.54 Å². The molecule has 1 unspecified atom stereocenters. The molecule has 1 atom stereocenters. The maximum Gasteiger partial charge on any atom is 0.177 e. The van der Waals surface area contributed by atoms with Crippen LogP contribution >= 0.6 is 11.8 Å². The van der Waals surface area contributed by atoms with Crippen LogP contribution in [0.4, 0.5) is 5.69 Å². The van der Waals surface area contributed by atoms with Gasteiger partial charge in [0.25, 0.3) is 0 Å². The molecule has 0 saturated carbocycles. The maximum absolute atomic E-state index is 5.50. The van der Waals surface area contributed by atoms with Gasteiger partial charge >= 0.3 is 0 Å². The summed E-state index contributed by atoms with van der Waals surface area (Å²) in [5.74, 6) is 1.25. The van der Waals surface area contributed by atoms with Crippen molar-refractivity contribution in [1.29, 1.82) is 0 Å². The Morgan fingerprint density at radius 1 is 1.34 bits per heavy atom. The number of hydrogen-bond acceptors (Lipinski definition) is 6. The molecule has 1 saturated heterocycles. The number of hydrogen-bond donors (Lipinski definition) is 2. The van der Waals surface area contributed by atoms with E-state index >= 15 is 0 Å². The highest BCUT2D eigenvalue weighted by Crippen LogP contribution is 2.31. The molecule has 3 aromatic rings. The molecule has 1 aliphatic rings. The predicted octanol–water partition coefficient (Wildman–Crippen LogP) is 4.32. The number of thioether (sulfide) groups is 1. The van der Waals surface area contributed by atoms with Crippen molar-refractivity contribution in [3.63, 3.8) is 0 Å².